The number of pyridine rings is 2. The van der Waals surface area contributed by atoms with Crippen LogP contribution in [0.25, 0.3) is 10.9 Å². The summed E-state index contributed by atoms with van der Waals surface area (Å²) >= 11 is 0. The molecular weight excluding hydrogens is 368 g/mol. The predicted molar refractivity (Wildman–Crippen MR) is 126 cm³/mol. The van der Waals surface area contributed by atoms with Gasteiger partial charge in [0.2, 0.25) is 0 Å². The molecule has 30 heavy (non-hydrogen) atoms. The minimum absolute atomic E-state index is 0.483. The molecule has 0 saturated heterocycles. The van der Waals surface area contributed by atoms with Crippen LogP contribution >= 0.6 is 0 Å². The van der Waals surface area contributed by atoms with Crippen molar-refractivity contribution in [2.45, 2.75) is 65.1 Å². The van der Waals surface area contributed by atoms with Gasteiger partial charge in [-0.2, -0.15) is 0 Å². The van der Waals surface area contributed by atoms with E-state index < -0.39 is 0 Å². The van der Waals surface area contributed by atoms with E-state index in [1.54, 1.807) is 0 Å². The van der Waals surface area contributed by atoms with Crippen molar-refractivity contribution in [1.29, 1.82) is 0 Å². The van der Waals surface area contributed by atoms with Gasteiger partial charge in [-0.05, 0) is 57.5 Å². The highest BCUT2D eigenvalue weighted by Crippen LogP contribution is 2.33. The van der Waals surface area contributed by atoms with Crippen molar-refractivity contribution in [3.05, 3.63) is 65.6 Å². The Bertz CT molecular complexity index is 999. The average Bonchev–Trinajstić information content (AvgIpc) is 2.76. The maximum Gasteiger partial charge on any atom is 0.0938 e. The second-order valence-corrected chi connectivity index (χ2v) is 8.66. The first-order chi connectivity index (χ1) is 14.6. The smallest absolute Gasteiger partial charge is 0.0938 e. The molecule has 1 fully saturated rings. The number of hydrogen-bond donors (Lipinski definition) is 0. The highest BCUT2D eigenvalue weighted by molar-refractivity contribution is 5.91. The monoisotopic (exact) mass is 402 g/mol. The van der Waals surface area contributed by atoms with E-state index in [0.717, 1.165) is 30.0 Å². The number of aryl methyl sites for hydroxylation is 2. The molecule has 0 spiro atoms. The summed E-state index contributed by atoms with van der Waals surface area (Å²) in [4.78, 5) is 14.8. The SMILES string of the molecule is CCN(Cc1cccc(C)n1)[C@H]1CCCC[C@@H]1N(C)c1cccc2ccc(C)nc12. The van der Waals surface area contributed by atoms with Gasteiger partial charge in [0.25, 0.3) is 0 Å². The third kappa shape index (κ3) is 4.34. The molecule has 1 aliphatic carbocycles. The van der Waals surface area contributed by atoms with Crippen LogP contribution in [-0.2, 0) is 6.54 Å². The molecule has 3 aromatic rings. The number of benzene rings is 1. The lowest BCUT2D eigenvalue weighted by molar-refractivity contribution is 0.133. The molecule has 2 atom stereocenters. The fourth-order valence-corrected chi connectivity index (χ4v) is 5.02. The van der Waals surface area contributed by atoms with Crippen LogP contribution in [-0.4, -0.2) is 40.5 Å². The Morgan fingerprint density at radius 2 is 1.60 bits per heavy atom. The number of fused-ring (bicyclic) bond motifs is 1. The number of hydrogen-bond acceptors (Lipinski definition) is 4. The fraction of sp³-hybridized carbons (Fsp3) is 0.462. The summed E-state index contributed by atoms with van der Waals surface area (Å²) in [6, 6.07) is 18.2. The van der Waals surface area contributed by atoms with E-state index in [1.807, 2.05) is 0 Å². The molecule has 2 aromatic heterocycles. The van der Waals surface area contributed by atoms with E-state index in [-0.39, 0.29) is 0 Å². The van der Waals surface area contributed by atoms with E-state index in [1.165, 1.54) is 42.5 Å². The van der Waals surface area contributed by atoms with E-state index in [0.29, 0.717) is 12.1 Å². The summed E-state index contributed by atoms with van der Waals surface area (Å²) in [6.45, 7) is 8.39. The first kappa shape index (κ1) is 20.8. The Balaban J connectivity index is 1.64. The Hall–Kier alpha value is -2.46. The standard InChI is InChI=1S/C26H34N4/c1-5-30(18-22-12-8-10-19(2)27-22)24-14-7-6-13-23(24)29(4)25-15-9-11-21-17-16-20(3)28-26(21)25/h8-12,15-17,23-24H,5-7,13-14,18H2,1-4H3/t23-,24-/m0/s1. The molecule has 0 aliphatic heterocycles. The third-order valence-electron chi connectivity index (χ3n) is 6.60. The molecule has 1 aliphatic rings. The second-order valence-electron chi connectivity index (χ2n) is 8.66. The maximum atomic E-state index is 4.89. The Labute approximate surface area is 181 Å². The molecule has 4 nitrogen and oxygen atoms in total. The predicted octanol–water partition coefficient (Wildman–Crippen LogP) is 5.52. The molecular formula is C26H34N4. The molecule has 1 aromatic carbocycles. The summed E-state index contributed by atoms with van der Waals surface area (Å²) in [5, 5.41) is 1.22. The number of anilines is 1. The van der Waals surface area contributed by atoms with Crippen molar-refractivity contribution in [2.75, 3.05) is 18.5 Å². The van der Waals surface area contributed by atoms with Gasteiger partial charge in [-0.1, -0.05) is 44.0 Å². The minimum atomic E-state index is 0.483. The topological polar surface area (TPSA) is 32.3 Å². The van der Waals surface area contributed by atoms with Crippen LogP contribution in [0.5, 0.6) is 0 Å². The quantitative estimate of drug-likeness (QED) is 0.544. The van der Waals surface area contributed by atoms with E-state index in [4.69, 9.17) is 9.97 Å². The van der Waals surface area contributed by atoms with Crippen LogP contribution in [0.2, 0.25) is 0 Å². The molecule has 0 amide bonds. The summed E-state index contributed by atoms with van der Waals surface area (Å²) < 4.78 is 0. The van der Waals surface area contributed by atoms with Gasteiger partial charge in [-0.3, -0.25) is 14.9 Å². The van der Waals surface area contributed by atoms with Crippen molar-refractivity contribution >= 4 is 16.6 Å². The van der Waals surface area contributed by atoms with Gasteiger partial charge in [-0.25, -0.2) is 0 Å². The summed E-state index contributed by atoms with van der Waals surface area (Å²) in [5.41, 5.74) is 5.71. The summed E-state index contributed by atoms with van der Waals surface area (Å²) in [5.74, 6) is 0. The average molecular weight is 403 g/mol. The fourth-order valence-electron chi connectivity index (χ4n) is 5.02. The molecule has 0 N–H and O–H groups in total. The van der Waals surface area contributed by atoms with Gasteiger partial charge in [0, 0.05) is 42.5 Å². The molecule has 2 heterocycles. The highest BCUT2D eigenvalue weighted by Gasteiger charge is 2.33. The van der Waals surface area contributed by atoms with E-state index in [9.17, 15) is 0 Å². The van der Waals surface area contributed by atoms with Gasteiger partial charge in [0.1, 0.15) is 0 Å². The minimum Gasteiger partial charge on any atom is -0.368 e. The van der Waals surface area contributed by atoms with Gasteiger partial charge in [0.15, 0.2) is 0 Å². The van der Waals surface area contributed by atoms with Crippen LogP contribution in [0.15, 0.2) is 48.5 Å². The number of aromatic nitrogens is 2. The van der Waals surface area contributed by atoms with Gasteiger partial charge >= 0.3 is 0 Å². The number of nitrogens with zero attached hydrogens (tertiary/aromatic N) is 4. The Morgan fingerprint density at radius 1 is 0.867 bits per heavy atom. The number of para-hydroxylation sites is 1. The largest absolute Gasteiger partial charge is 0.368 e. The van der Waals surface area contributed by atoms with Crippen LogP contribution in [0.3, 0.4) is 0 Å². The van der Waals surface area contributed by atoms with Gasteiger partial charge in [0.05, 0.1) is 16.9 Å². The first-order valence-electron chi connectivity index (χ1n) is 11.3. The second kappa shape index (κ2) is 9.13. The molecule has 0 unspecified atom stereocenters. The third-order valence-corrected chi connectivity index (χ3v) is 6.60. The Kier molecular flexibility index (Phi) is 6.33. The van der Waals surface area contributed by atoms with Gasteiger partial charge in [-0.15, -0.1) is 0 Å². The molecule has 4 rings (SSSR count). The van der Waals surface area contributed by atoms with Crippen LogP contribution in [0.1, 0.15) is 49.7 Å². The van der Waals surface area contributed by atoms with Gasteiger partial charge < -0.3 is 4.90 Å². The molecule has 0 bridgehead atoms. The van der Waals surface area contributed by atoms with E-state index in [2.05, 4.69) is 86.1 Å². The highest BCUT2D eigenvalue weighted by atomic mass is 15.2. The molecule has 1 saturated carbocycles. The van der Waals surface area contributed by atoms with Crippen LogP contribution in [0.4, 0.5) is 5.69 Å². The number of rotatable bonds is 6. The zero-order chi connectivity index (χ0) is 21.1. The molecule has 0 radical (unpaired) electrons. The van der Waals surface area contributed by atoms with Crippen molar-refractivity contribution in [3.8, 4) is 0 Å². The van der Waals surface area contributed by atoms with Crippen LogP contribution in [0, 0.1) is 13.8 Å². The zero-order valence-corrected chi connectivity index (χ0v) is 18.8. The van der Waals surface area contributed by atoms with E-state index >= 15 is 0 Å². The van der Waals surface area contributed by atoms with Crippen molar-refractivity contribution in [3.63, 3.8) is 0 Å². The maximum absolute atomic E-state index is 4.89. The lowest BCUT2D eigenvalue weighted by Gasteiger charge is -2.44. The van der Waals surface area contributed by atoms with Crippen molar-refractivity contribution in [2.24, 2.45) is 0 Å². The van der Waals surface area contributed by atoms with Crippen LogP contribution < -0.4 is 4.90 Å². The van der Waals surface area contributed by atoms with Crippen molar-refractivity contribution in [1.82, 2.24) is 14.9 Å². The first-order valence-corrected chi connectivity index (χ1v) is 11.3. The summed E-state index contributed by atoms with van der Waals surface area (Å²) in [6.07, 6.45) is 5.07. The normalized spacial score (nSPS) is 19.4. The lowest BCUT2D eigenvalue weighted by atomic mass is 9.87. The Morgan fingerprint density at radius 3 is 2.37 bits per heavy atom. The lowest BCUT2D eigenvalue weighted by Crippen LogP contribution is -2.52. The number of likely N-dealkylation sites (N-methyl/N-ethyl adjacent to an activating group) is 2. The molecule has 158 valence electrons. The van der Waals surface area contributed by atoms with Crippen molar-refractivity contribution < 1.29 is 0 Å². The summed E-state index contributed by atoms with van der Waals surface area (Å²) in [7, 11) is 2.26. The molecule has 4 heteroatoms. The zero-order valence-electron chi connectivity index (χ0n) is 18.8.